The van der Waals surface area contributed by atoms with Crippen LogP contribution < -0.4 is 10.1 Å². The van der Waals surface area contributed by atoms with Gasteiger partial charge in [0.1, 0.15) is 11.6 Å². The van der Waals surface area contributed by atoms with Crippen molar-refractivity contribution in [3.05, 3.63) is 53.7 Å². The molecule has 0 spiro atoms. The van der Waals surface area contributed by atoms with Crippen molar-refractivity contribution < 1.29 is 9.53 Å². The molecule has 0 bridgehead atoms. The Kier molecular flexibility index (Phi) is 3.71. The summed E-state index contributed by atoms with van der Waals surface area (Å²) < 4.78 is 7.38. The molecule has 5 heteroatoms. The number of hydrogen-bond donors (Lipinski definition) is 1. The molecular weight excluding hydrogens is 314 g/mol. The van der Waals surface area contributed by atoms with Gasteiger partial charge in [0.15, 0.2) is 0 Å². The van der Waals surface area contributed by atoms with E-state index in [1.165, 1.54) is 0 Å². The topological polar surface area (TPSA) is 56.1 Å². The molecule has 25 heavy (non-hydrogen) atoms. The zero-order valence-electron chi connectivity index (χ0n) is 14.6. The largest absolute Gasteiger partial charge is 0.496 e. The van der Waals surface area contributed by atoms with Crippen molar-refractivity contribution in [1.29, 1.82) is 0 Å². The molecule has 0 fully saturated rings. The van der Waals surface area contributed by atoms with Crippen molar-refractivity contribution in [2.45, 2.75) is 32.2 Å². The van der Waals surface area contributed by atoms with Crippen LogP contribution in [0.4, 0.5) is 5.82 Å². The quantitative estimate of drug-likeness (QED) is 0.784. The van der Waals surface area contributed by atoms with E-state index < -0.39 is 0 Å². The number of aromatic nitrogens is 2. The van der Waals surface area contributed by atoms with Crippen LogP contribution in [0.5, 0.6) is 5.75 Å². The Morgan fingerprint density at radius 2 is 1.92 bits per heavy atom. The average molecular weight is 335 g/mol. The van der Waals surface area contributed by atoms with Gasteiger partial charge in [-0.2, -0.15) is 5.10 Å². The van der Waals surface area contributed by atoms with E-state index in [-0.39, 0.29) is 17.9 Å². The Balaban J connectivity index is 1.92. The van der Waals surface area contributed by atoms with E-state index in [0.29, 0.717) is 6.42 Å². The fourth-order valence-electron chi connectivity index (χ4n) is 3.68. The SMILES string of the molecule is COc1ccc(C2CC(=O)Nc3c2cnn3C(C)C)c2ccccc12. The first-order chi connectivity index (χ1) is 12.1. The second kappa shape index (κ2) is 5.92. The van der Waals surface area contributed by atoms with E-state index in [0.717, 1.165) is 33.5 Å². The standard InChI is InChI=1S/C20H21N3O2/c1-12(2)23-20-17(11-21-23)16(10-19(24)22-20)14-8-9-18(25-3)15-7-5-4-6-13(14)15/h4-9,11-12,16H,10H2,1-3H3,(H,22,24). The number of amides is 1. The second-order valence-corrected chi connectivity index (χ2v) is 6.69. The first kappa shape index (κ1) is 15.7. The molecule has 1 atom stereocenters. The number of hydrogen-bond acceptors (Lipinski definition) is 3. The van der Waals surface area contributed by atoms with E-state index in [2.05, 4.69) is 42.5 Å². The summed E-state index contributed by atoms with van der Waals surface area (Å²) in [6.45, 7) is 4.12. The summed E-state index contributed by atoms with van der Waals surface area (Å²) in [5.74, 6) is 1.68. The zero-order valence-corrected chi connectivity index (χ0v) is 14.6. The highest BCUT2D eigenvalue weighted by Gasteiger charge is 2.31. The van der Waals surface area contributed by atoms with Gasteiger partial charge in [0.05, 0.1) is 13.3 Å². The molecule has 4 rings (SSSR count). The number of nitrogens with one attached hydrogen (secondary N) is 1. The predicted molar refractivity (Wildman–Crippen MR) is 98.2 cm³/mol. The molecule has 1 amide bonds. The lowest BCUT2D eigenvalue weighted by Gasteiger charge is -2.26. The molecular formula is C20H21N3O2. The molecule has 128 valence electrons. The molecule has 2 heterocycles. The third-order valence-electron chi connectivity index (χ3n) is 4.85. The molecule has 0 radical (unpaired) electrons. The second-order valence-electron chi connectivity index (χ2n) is 6.69. The molecule has 3 aromatic rings. The minimum absolute atomic E-state index is 0.00736. The Morgan fingerprint density at radius 1 is 1.16 bits per heavy atom. The third-order valence-corrected chi connectivity index (χ3v) is 4.85. The summed E-state index contributed by atoms with van der Waals surface area (Å²) in [5.41, 5.74) is 2.21. The number of methoxy groups -OCH3 is 1. The van der Waals surface area contributed by atoms with E-state index in [1.807, 2.05) is 29.1 Å². The van der Waals surface area contributed by atoms with Crippen LogP contribution in [0.3, 0.4) is 0 Å². The van der Waals surface area contributed by atoms with Crippen molar-refractivity contribution in [3.8, 4) is 5.75 Å². The van der Waals surface area contributed by atoms with Crippen LogP contribution in [0.2, 0.25) is 0 Å². The van der Waals surface area contributed by atoms with Gasteiger partial charge in [-0.15, -0.1) is 0 Å². The van der Waals surface area contributed by atoms with Crippen LogP contribution in [-0.4, -0.2) is 22.8 Å². The highest BCUT2D eigenvalue weighted by Crippen LogP contribution is 2.42. The van der Waals surface area contributed by atoms with Gasteiger partial charge < -0.3 is 10.1 Å². The minimum atomic E-state index is -0.00736. The van der Waals surface area contributed by atoms with Crippen LogP contribution in [0.15, 0.2) is 42.6 Å². The van der Waals surface area contributed by atoms with E-state index >= 15 is 0 Å². The Morgan fingerprint density at radius 3 is 2.64 bits per heavy atom. The van der Waals surface area contributed by atoms with Crippen molar-refractivity contribution in [3.63, 3.8) is 0 Å². The lowest BCUT2D eigenvalue weighted by molar-refractivity contribution is -0.116. The molecule has 1 aliphatic heterocycles. The van der Waals surface area contributed by atoms with Gasteiger partial charge in [-0.1, -0.05) is 30.3 Å². The number of benzene rings is 2. The number of fused-ring (bicyclic) bond motifs is 2. The molecule has 1 aliphatic rings. The maximum atomic E-state index is 12.4. The van der Waals surface area contributed by atoms with Crippen LogP contribution in [0.1, 0.15) is 43.4 Å². The van der Waals surface area contributed by atoms with Crippen LogP contribution in [-0.2, 0) is 4.79 Å². The Labute approximate surface area is 146 Å². The van der Waals surface area contributed by atoms with Gasteiger partial charge in [-0.05, 0) is 30.9 Å². The number of carbonyl (C=O) groups is 1. The summed E-state index contributed by atoms with van der Waals surface area (Å²) >= 11 is 0. The smallest absolute Gasteiger partial charge is 0.226 e. The molecule has 5 nitrogen and oxygen atoms in total. The van der Waals surface area contributed by atoms with Gasteiger partial charge in [0, 0.05) is 29.3 Å². The number of ether oxygens (including phenoxy) is 1. The molecule has 1 N–H and O–H groups in total. The first-order valence-corrected chi connectivity index (χ1v) is 8.53. The molecule has 1 unspecified atom stereocenters. The fourth-order valence-corrected chi connectivity index (χ4v) is 3.68. The van der Waals surface area contributed by atoms with Gasteiger partial charge in [-0.3, -0.25) is 4.79 Å². The molecule has 0 saturated carbocycles. The Bertz CT molecular complexity index is 959. The third kappa shape index (κ3) is 2.47. The maximum Gasteiger partial charge on any atom is 0.226 e. The summed E-state index contributed by atoms with van der Waals surface area (Å²) in [5, 5.41) is 9.67. The first-order valence-electron chi connectivity index (χ1n) is 8.53. The number of nitrogens with zero attached hydrogens (tertiary/aromatic N) is 2. The summed E-state index contributed by atoms with van der Waals surface area (Å²) in [7, 11) is 1.68. The molecule has 0 aliphatic carbocycles. The summed E-state index contributed by atoms with van der Waals surface area (Å²) in [6, 6.07) is 12.4. The highest BCUT2D eigenvalue weighted by atomic mass is 16.5. The normalized spacial score (nSPS) is 16.8. The van der Waals surface area contributed by atoms with Crippen molar-refractivity contribution in [2.75, 3.05) is 12.4 Å². The zero-order chi connectivity index (χ0) is 17.6. The monoisotopic (exact) mass is 335 g/mol. The number of anilines is 1. The lowest BCUT2D eigenvalue weighted by Crippen LogP contribution is -2.25. The average Bonchev–Trinajstić information content (AvgIpc) is 3.04. The lowest BCUT2D eigenvalue weighted by atomic mass is 9.84. The van der Waals surface area contributed by atoms with E-state index in [1.54, 1.807) is 7.11 Å². The number of carbonyl (C=O) groups excluding carboxylic acids is 1. The Hall–Kier alpha value is -2.82. The predicted octanol–water partition coefficient (Wildman–Crippen LogP) is 4.10. The molecule has 2 aromatic carbocycles. The summed E-state index contributed by atoms with van der Waals surface area (Å²) in [4.78, 5) is 12.4. The van der Waals surface area contributed by atoms with Crippen LogP contribution in [0.25, 0.3) is 10.8 Å². The summed E-state index contributed by atoms with van der Waals surface area (Å²) in [6.07, 6.45) is 2.31. The van der Waals surface area contributed by atoms with Crippen molar-refractivity contribution >= 4 is 22.5 Å². The molecule has 1 aromatic heterocycles. The van der Waals surface area contributed by atoms with Crippen molar-refractivity contribution in [1.82, 2.24) is 9.78 Å². The molecule has 0 saturated heterocycles. The minimum Gasteiger partial charge on any atom is -0.496 e. The van der Waals surface area contributed by atoms with E-state index in [4.69, 9.17) is 4.74 Å². The highest BCUT2D eigenvalue weighted by molar-refractivity contribution is 5.97. The van der Waals surface area contributed by atoms with Gasteiger partial charge in [0.25, 0.3) is 0 Å². The van der Waals surface area contributed by atoms with Crippen molar-refractivity contribution in [2.24, 2.45) is 0 Å². The fraction of sp³-hybridized carbons (Fsp3) is 0.300. The van der Waals surface area contributed by atoms with Crippen LogP contribution in [0, 0.1) is 0 Å². The maximum absolute atomic E-state index is 12.4. The van der Waals surface area contributed by atoms with E-state index in [9.17, 15) is 4.79 Å². The van der Waals surface area contributed by atoms with Gasteiger partial charge >= 0.3 is 0 Å². The number of rotatable bonds is 3. The van der Waals surface area contributed by atoms with Gasteiger partial charge in [-0.25, -0.2) is 4.68 Å². The van der Waals surface area contributed by atoms with Gasteiger partial charge in [0.2, 0.25) is 5.91 Å². The van der Waals surface area contributed by atoms with Crippen LogP contribution >= 0.6 is 0 Å².